The molecule has 0 aromatic rings. The second-order valence-corrected chi connectivity index (χ2v) is 3.49. The number of hydrogen-bond donors (Lipinski definition) is 2. The van der Waals surface area contributed by atoms with Gasteiger partial charge in [-0.15, -0.1) is 0 Å². The lowest BCUT2D eigenvalue weighted by atomic mass is 10.2. The molecule has 3 N–H and O–H groups in total. The van der Waals surface area contributed by atoms with E-state index in [9.17, 15) is 4.79 Å². The van der Waals surface area contributed by atoms with Gasteiger partial charge in [0.15, 0.2) is 0 Å². The lowest BCUT2D eigenvalue weighted by Gasteiger charge is -2.13. The van der Waals surface area contributed by atoms with Crippen LogP contribution in [0, 0.1) is 0 Å². The van der Waals surface area contributed by atoms with E-state index < -0.39 is 18.1 Å². The fraction of sp³-hybridized carbons (Fsp3) is 0.900. The van der Waals surface area contributed by atoms with Crippen LogP contribution in [0.25, 0.3) is 0 Å². The maximum absolute atomic E-state index is 11.1. The van der Waals surface area contributed by atoms with Gasteiger partial charge in [-0.25, -0.2) is 0 Å². The number of ether oxygens (including phenoxy) is 1. The summed E-state index contributed by atoms with van der Waals surface area (Å²) in [6, 6.07) is -0.916. The van der Waals surface area contributed by atoms with Crippen LogP contribution < -0.4 is 5.73 Å². The van der Waals surface area contributed by atoms with Gasteiger partial charge in [-0.1, -0.05) is 26.2 Å². The number of nitrogens with two attached hydrogens (primary N) is 1. The minimum absolute atomic E-state index is 0.402. The van der Waals surface area contributed by atoms with Crippen LogP contribution in [0.15, 0.2) is 0 Å². The van der Waals surface area contributed by atoms with Gasteiger partial charge in [-0.2, -0.15) is 0 Å². The monoisotopic (exact) mass is 203 g/mol. The van der Waals surface area contributed by atoms with Crippen molar-refractivity contribution in [2.75, 3.05) is 6.61 Å². The molecule has 0 amide bonds. The highest BCUT2D eigenvalue weighted by Gasteiger charge is 2.19. The molecule has 0 aromatic carbocycles. The third kappa shape index (κ3) is 5.94. The summed E-state index contributed by atoms with van der Waals surface area (Å²) in [5.41, 5.74) is 5.38. The highest BCUT2D eigenvalue weighted by atomic mass is 16.5. The molecule has 0 aliphatic rings. The second-order valence-electron chi connectivity index (χ2n) is 3.49. The van der Waals surface area contributed by atoms with E-state index in [0.717, 1.165) is 25.7 Å². The van der Waals surface area contributed by atoms with Crippen LogP contribution in [-0.2, 0) is 9.53 Å². The van der Waals surface area contributed by atoms with Crippen LogP contribution in [0.4, 0.5) is 0 Å². The maximum Gasteiger partial charge on any atom is 0.325 e. The van der Waals surface area contributed by atoms with Crippen LogP contribution in [-0.4, -0.2) is 29.8 Å². The number of hydrogen-bond acceptors (Lipinski definition) is 4. The Bertz CT molecular complexity index is 159. The van der Waals surface area contributed by atoms with E-state index in [0.29, 0.717) is 6.61 Å². The summed E-state index contributed by atoms with van der Waals surface area (Å²) in [6.07, 6.45) is 3.39. The Labute approximate surface area is 85.4 Å². The van der Waals surface area contributed by atoms with Gasteiger partial charge in [-0.3, -0.25) is 4.79 Å². The fourth-order valence-corrected chi connectivity index (χ4v) is 0.995. The lowest BCUT2D eigenvalue weighted by Crippen LogP contribution is -2.41. The van der Waals surface area contributed by atoms with E-state index in [1.54, 1.807) is 0 Å². The highest BCUT2D eigenvalue weighted by Crippen LogP contribution is 2.00. The Morgan fingerprint density at radius 2 is 2.07 bits per heavy atom. The van der Waals surface area contributed by atoms with Crippen molar-refractivity contribution < 1.29 is 14.6 Å². The molecule has 0 aliphatic carbocycles. The zero-order valence-electron chi connectivity index (χ0n) is 9.03. The largest absolute Gasteiger partial charge is 0.464 e. The third-order valence-corrected chi connectivity index (χ3v) is 2.03. The molecule has 0 heterocycles. The quantitative estimate of drug-likeness (QED) is 0.474. The van der Waals surface area contributed by atoms with Crippen molar-refractivity contribution in [1.29, 1.82) is 0 Å². The zero-order valence-corrected chi connectivity index (χ0v) is 9.03. The number of rotatable bonds is 7. The molecule has 0 spiro atoms. The maximum atomic E-state index is 11.1. The molecular formula is C10H21NO3. The fourth-order valence-electron chi connectivity index (χ4n) is 0.995. The molecule has 2 atom stereocenters. The van der Waals surface area contributed by atoms with E-state index in [1.807, 2.05) is 0 Å². The van der Waals surface area contributed by atoms with E-state index >= 15 is 0 Å². The topological polar surface area (TPSA) is 72.5 Å². The number of esters is 1. The summed E-state index contributed by atoms with van der Waals surface area (Å²) in [4.78, 5) is 11.1. The normalized spacial score (nSPS) is 14.9. The molecule has 0 saturated carbocycles. The van der Waals surface area contributed by atoms with Crippen molar-refractivity contribution in [3.8, 4) is 0 Å². The average molecular weight is 203 g/mol. The average Bonchev–Trinajstić information content (AvgIpc) is 2.16. The van der Waals surface area contributed by atoms with Crippen LogP contribution in [0.1, 0.15) is 39.5 Å². The molecule has 0 fully saturated rings. The van der Waals surface area contributed by atoms with Crippen LogP contribution in [0.5, 0.6) is 0 Å². The summed E-state index contributed by atoms with van der Waals surface area (Å²) >= 11 is 0. The Morgan fingerprint density at radius 3 is 2.57 bits per heavy atom. The molecule has 2 unspecified atom stereocenters. The summed E-state index contributed by atoms with van der Waals surface area (Å²) < 4.78 is 4.89. The number of aliphatic hydroxyl groups is 1. The number of unbranched alkanes of at least 4 members (excludes halogenated alkanes) is 3. The number of aliphatic hydroxyl groups excluding tert-OH is 1. The molecule has 14 heavy (non-hydrogen) atoms. The third-order valence-electron chi connectivity index (χ3n) is 2.03. The second kappa shape index (κ2) is 7.76. The first kappa shape index (κ1) is 13.4. The predicted molar refractivity (Wildman–Crippen MR) is 54.8 cm³/mol. The lowest BCUT2D eigenvalue weighted by molar-refractivity contribution is -0.147. The molecule has 0 saturated heterocycles. The molecule has 84 valence electrons. The van der Waals surface area contributed by atoms with Gasteiger partial charge in [0.1, 0.15) is 6.04 Å². The molecule has 0 aliphatic heterocycles. The van der Waals surface area contributed by atoms with Crippen molar-refractivity contribution in [2.45, 2.75) is 51.7 Å². The van der Waals surface area contributed by atoms with Crippen molar-refractivity contribution in [3.05, 3.63) is 0 Å². The standard InChI is InChI=1S/C10H21NO3/c1-3-4-5-6-7-14-10(13)9(11)8(2)12/h8-9,12H,3-7,11H2,1-2H3. The summed E-state index contributed by atoms with van der Waals surface area (Å²) in [5.74, 6) is -0.517. The van der Waals surface area contributed by atoms with E-state index in [2.05, 4.69) is 6.92 Å². The van der Waals surface area contributed by atoms with Gasteiger partial charge in [-0.05, 0) is 13.3 Å². The highest BCUT2D eigenvalue weighted by molar-refractivity contribution is 5.76. The van der Waals surface area contributed by atoms with E-state index in [-0.39, 0.29) is 0 Å². The van der Waals surface area contributed by atoms with Crippen molar-refractivity contribution >= 4 is 5.97 Å². The zero-order chi connectivity index (χ0) is 11.0. The van der Waals surface area contributed by atoms with Gasteiger partial charge in [0.25, 0.3) is 0 Å². The van der Waals surface area contributed by atoms with Gasteiger partial charge in [0.2, 0.25) is 0 Å². The molecule has 0 rings (SSSR count). The van der Waals surface area contributed by atoms with Gasteiger partial charge < -0.3 is 15.6 Å². The van der Waals surface area contributed by atoms with Crippen molar-refractivity contribution in [1.82, 2.24) is 0 Å². The Hall–Kier alpha value is -0.610. The van der Waals surface area contributed by atoms with E-state index in [4.69, 9.17) is 15.6 Å². The van der Waals surface area contributed by atoms with Crippen molar-refractivity contribution in [3.63, 3.8) is 0 Å². The Morgan fingerprint density at radius 1 is 1.43 bits per heavy atom. The summed E-state index contributed by atoms with van der Waals surface area (Å²) in [7, 11) is 0. The summed E-state index contributed by atoms with van der Waals surface area (Å²) in [5, 5.41) is 9.01. The van der Waals surface area contributed by atoms with Crippen LogP contribution >= 0.6 is 0 Å². The van der Waals surface area contributed by atoms with Gasteiger partial charge >= 0.3 is 5.97 Å². The Kier molecular flexibility index (Phi) is 7.42. The number of carbonyl (C=O) groups excluding carboxylic acids is 1. The van der Waals surface area contributed by atoms with Crippen molar-refractivity contribution in [2.24, 2.45) is 5.73 Å². The van der Waals surface area contributed by atoms with Gasteiger partial charge in [0, 0.05) is 0 Å². The first-order valence-corrected chi connectivity index (χ1v) is 5.19. The first-order valence-electron chi connectivity index (χ1n) is 5.19. The summed E-state index contributed by atoms with van der Waals surface area (Å²) in [6.45, 7) is 4.00. The van der Waals surface area contributed by atoms with Crippen LogP contribution in [0.3, 0.4) is 0 Å². The van der Waals surface area contributed by atoms with E-state index in [1.165, 1.54) is 6.92 Å². The molecule has 4 nitrogen and oxygen atoms in total. The molecule has 0 radical (unpaired) electrons. The molecular weight excluding hydrogens is 182 g/mol. The molecule has 0 bridgehead atoms. The Balaban J connectivity index is 3.44. The SMILES string of the molecule is CCCCCCOC(=O)C(N)C(C)O. The molecule has 4 heteroatoms. The molecule has 0 aromatic heterocycles. The minimum atomic E-state index is -0.916. The predicted octanol–water partition coefficient (Wildman–Crippen LogP) is 0.818. The minimum Gasteiger partial charge on any atom is -0.464 e. The smallest absolute Gasteiger partial charge is 0.325 e. The van der Waals surface area contributed by atoms with Gasteiger partial charge in [0.05, 0.1) is 12.7 Å². The first-order chi connectivity index (χ1) is 6.59. The van der Waals surface area contributed by atoms with Crippen LogP contribution in [0.2, 0.25) is 0 Å². The number of carbonyl (C=O) groups is 1.